The minimum Gasteiger partial charge on any atom is -0.321 e. The van der Waals surface area contributed by atoms with Crippen LogP contribution in [-0.2, 0) is 10.0 Å². The maximum Gasteiger partial charge on any atom is 0.335 e. The standard InChI is InChI=1S/C8H10N6O3S/c1-5-11-8(17-13-5)14-18(15,16)7-6(12-9)3-2-4-10-7/h2-4,12H,9H2,1H3,(H,11,13,14). The van der Waals surface area contributed by atoms with Crippen LogP contribution < -0.4 is 16.0 Å². The second-order valence-corrected chi connectivity index (χ2v) is 4.85. The van der Waals surface area contributed by atoms with E-state index in [4.69, 9.17) is 5.84 Å². The average molecular weight is 270 g/mol. The predicted octanol–water partition coefficient (Wildman–Crippen LogP) is -0.141. The van der Waals surface area contributed by atoms with Crippen molar-refractivity contribution in [2.75, 3.05) is 10.1 Å². The van der Waals surface area contributed by atoms with Gasteiger partial charge in [0, 0.05) is 6.20 Å². The lowest BCUT2D eigenvalue weighted by Gasteiger charge is -2.07. The molecule has 2 heterocycles. The minimum atomic E-state index is -3.94. The van der Waals surface area contributed by atoms with Gasteiger partial charge in [0.2, 0.25) is 5.03 Å². The number of nitrogens with zero attached hydrogens (tertiary/aromatic N) is 3. The molecule has 0 unspecified atom stereocenters. The van der Waals surface area contributed by atoms with E-state index in [1.54, 1.807) is 13.0 Å². The first kappa shape index (κ1) is 12.3. The van der Waals surface area contributed by atoms with Gasteiger partial charge in [0.15, 0.2) is 5.82 Å². The summed E-state index contributed by atoms with van der Waals surface area (Å²) in [6.07, 6.45) is 1.33. The van der Waals surface area contributed by atoms with Crippen molar-refractivity contribution in [3.63, 3.8) is 0 Å². The number of pyridine rings is 1. The van der Waals surface area contributed by atoms with Gasteiger partial charge in [-0.2, -0.15) is 13.4 Å². The molecule has 0 saturated carbocycles. The van der Waals surface area contributed by atoms with Gasteiger partial charge in [-0.15, -0.1) is 0 Å². The number of rotatable bonds is 4. The topological polar surface area (TPSA) is 136 Å². The van der Waals surface area contributed by atoms with E-state index in [9.17, 15) is 8.42 Å². The Bertz CT molecular complexity index is 652. The zero-order valence-electron chi connectivity index (χ0n) is 9.28. The highest BCUT2D eigenvalue weighted by Crippen LogP contribution is 2.19. The third-order valence-electron chi connectivity index (χ3n) is 1.93. The van der Waals surface area contributed by atoms with E-state index < -0.39 is 10.0 Å². The van der Waals surface area contributed by atoms with Gasteiger partial charge >= 0.3 is 6.01 Å². The number of hydrazine groups is 1. The van der Waals surface area contributed by atoms with Crippen molar-refractivity contribution in [1.29, 1.82) is 0 Å². The zero-order valence-corrected chi connectivity index (χ0v) is 10.1. The number of hydrogen-bond donors (Lipinski definition) is 3. The summed E-state index contributed by atoms with van der Waals surface area (Å²) >= 11 is 0. The van der Waals surface area contributed by atoms with Crippen LogP contribution in [0.15, 0.2) is 27.9 Å². The van der Waals surface area contributed by atoms with Crippen molar-refractivity contribution in [3.8, 4) is 0 Å². The van der Waals surface area contributed by atoms with Crippen LogP contribution in [0.4, 0.5) is 11.7 Å². The lowest BCUT2D eigenvalue weighted by Crippen LogP contribution is -2.19. The molecule has 9 nitrogen and oxygen atoms in total. The summed E-state index contributed by atoms with van der Waals surface area (Å²) in [5.41, 5.74) is 2.40. The molecule has 0 saturated heterocycles. The van der Waals surface area contributed by atoms with E-state index in [1.165, 1.54) is 12.3 Å². The number of sulfonamides is 1. The molecule has 2 aromatic heterocycles. The van der Waals surface area contributed by atoms with E-state index >= 15 is 0 Å². The highest BCUT2D eigenvalue weighted by molar-refractivity contribution is 7.92. The maximum atomic E-state index is 12.0. The van der Waals surface area contributed by atoms with Crippen LogP contribution in [0.25, 0.3) is 0 Å². The average Bonchev–Trinajstić information content (AvgIpc) is 2.74. The number of nitrogens with one attached hydrogen (secondary N) is 2. The fourth-order valence-corrected chi connectivity index (χ4v) is 2.24. The highest BCUT2D eigenvalue weighted by Gasteiger charge is 2.22. The molecule has 0 aliphatic rings. The van der Waals surface area contributed by atoms with Gasteiger partial charge in [0.25, 0.3) is 10.0 Å². The molecule has 0 radical (unpaired) electrons. The second kappa shape index (κ2) is 4.58. The quantitative estimate of drug-likeness (QED) is 0.515. The number of nitrogens with two attached hydrogens (primary N) is 1. The molecule has 0 aliphatic heterocycles. The van der Waals surface area contributed by atoms with Crippen molar-refractivity contribution in [2.24, 2.45) is 5.84 Å². The highest BCUT2D eigenvalue weighted by atomic mass is 32.2. The van der Waals surface area contributed by atoms with E-state index in [2.05, 4.69) is 29.8 Å². The zero-order chi connectivity index (χ0) is 13.2. The van der Waals surface area contributed by atoms with E-state index in [-0.39, 0.29) is 16.7 Å². The predicted molar refractivity (Wildman–Crippen MR) is 61.9 cm³/mol. The van der Waals surface area contributed by atoms with Crippen LogP contribution >= 0.6 is 0 Å². The molecule has 18 heavy (non-hydrogen) atoms. The molecule has 0 bridgehead atoms. The molecule has 0 atom stereocenters. The van der Waals surface area contributed by atoms with Gasteiger partial charge in [0.1, 0.15) is 0 Å². The second-order valence-electron chi connectivity index (χ2n) is 3.25. The first-order chi connectivity index (χ1) is 8.53. The Balaban J connectivity index is 2.36. The Morgan fingerprint density at radius 3 is 2.83 bits per heavy atom. The number of aromatic nitrogens is 3. The van der Waals surface area contributed by atoms with Crippen LogP contribution in [0, 0.1) is 6.92 Å². The first-order valence-corrected chi connectivity index (χ1v) is 6.26. The van der Waals surface area contributed by atoms with Crippen molar-refractivity contribution in [3.05, 3.63) is 24.2 Å². The van der Waals surface area contributed by atoms with E-state index in [0.717, 1.165) is 0 Å². The van der Waals surface area contributed by atoms with Crippen molar-refractivity contribution < 1.29 is 12.9 Å². The van der Waals surface area contributed by atoms with Crippen LogP contribution in [0.5, 0.6) is 0 Å². The Morgan fingerprint density at radius 2 is 2.22 bits per heavy atom. The molecule has 0 aliphatic carbocycles. The lowest BCUT2D eigenvalue weighted by molar-refractivity contribution is 0.429. The van der Waals surface area contributed by atoms with E-state index in [0.29, 0.717) is 5.82 Å². The van der Waals surface area contributed by atoms with Crippen LogP contribution in [0.2, 0.25) is 0 Å². The molecule has 0 fully saturated rings. The molecule has 10 heteroatoms. The van der Waals surface area contributed by atoms with Gasteiger partial charge in [-0.05, 0) is 19.1 Å². The number of aryl methyl sites for hydroxylation is 1. The van der Waals surface area contributed by atoms with Gasteiger partial charge in [0.05, 0.1) is 5.69 Å². The summed E-state index contributed by atoms with van der Waals surface area (Å²) in [6.45, 7) is 1.56. The smallest absolute Gasteiger partial charge is 0.321 e. The van der Waals surface area contributed by atoms with Crippen LogP contribution in [0.3, 0.4) is 0 Å². The summed E-state index contributed by atoms with van der Waals surface area (Å²) < 4.78 is 30.8. The summed E-state index contributed by atoms with van der Waals surface area (Å²) in [6, 6.07) is 2.78. The molecule has 2 aromatic rings. The molecule has 4 N–H and O–H groups in total. The van der Waals surface area contributed by atoms with Crippen molar-refractivity contribution >= 4 is 21.7 Å². The number of anilines is 2. The third-order valence-corrected chi connectivity index (χ3v) is 3.21. The largest absolute Gasteiger partial charge is 0.335 e. The van der Waals surface area contributed by atoms with Gasteiger partial charge in [-0.25, -0.2) is 9.71 Å². The summed E-state index contributed by atoms with van der Waals surface area (Å²) in [7, 11) is -3.94. The Labute approximate surface area is 102 Å². The van der Waals surface area contributed by atoms with Gasteiger partial charge < -0.3 is 9.95 Å². The third kappa shape index (κ3) is 2.38. The molecule has 0 spiro atoms. The summed E-state index contributed by atoms with van der Waals surface area (Å²) in [5.74, 6) is 5.52. The number of hydrogen-bond acceptors (Lipinski definition) is 8. The molecule has 0 amide bonds. The van der Waals surface area contributed by atoms with Gasteiger partial charge in [-0.3, -0.25) is 5.84 Å². The molecular weight excluding hydrogens is 260 g/mol. The maximum absolute atomic E-state index is 12.0. The molecular formula is C8H10N6O3S. The lowest BCUT2D eigenvalue weighted by atomic mass is 10.4. The monoisotopic (exact) mass is 270 g/mol. The molecule has 2 rings (SSSR count). The fourth-order valence-electron chi connectivity index (χ4n) is 1.22. The minimum absolute atomic E-state index is 0.154. The van der Waals surface area contributed by atoms with Gasteiger partial charge in [-0.1, -0.05) is 5.16 Å². The molecule has 0 aromatic carbocycles. The summed E-state index contributed by atoms with van der Waals surface area (Å²) in [4.78, 5) is 7.47. The summed E-state index contributed by atoms with van der Waals surface area (Å²) in [5, 5.41) is 3.20. The SMILES string of the molecule is Cc1noc(NS(=O)(=O)c2ncccc2NN)n1. The van der Waals surface area contributed by atoms with Crippen molar-refractivity contribution in [2.45, 2.75) is 11.9 Å². The normalized spacial score (nSPS) is 11.2. The first-order valence-electron chi connectivity index (χ1n) is 4.77. The van der Waals surface area contributed by atoms with Crippen LogP contribution in [0.1, 0.15) is 5.82 Å². The van der Waals surface area contributed by atoms with E-state index in [1.807, 2.05) is 0 Å². The van der Waals surface area contributed by atoms with Crippen molar-refractivity contribution in [1.82, 2.24) is 15.1 Å². The van der Waals surface area contributed by atoms with Crippen LogP contribution in [-0.4, -0.2) is 23.5 Å². The number of nitrogen functional groups attached to an aromatic ring is 1. The molecule has 96 valence electrons. The Hall–Kier alpha value is -2.20. The Kier molecular flexibility index (Phi) is 3.12. The fraction of sp³-hybridized carbons (Fsp3) is 0.125. The Morgan fingerprint density at radius 1 is 1.44 bits per heavy atom.